The number of hydrogen-bond acceptors (Lipinski definition) is 25. The topological polar surface area (TPSA) is 469 Å². The average molecular weight is 990 g/mol. The van der Waals surface area contributed by atoms with Gasteiger partial charge < -0.3 is 126 Å². The van der Waals surface area contributed by atoms with Crippen LogP contribution in [0.15, 0.2) is 0 Å². The van der Waals surface area contributed by atoms with Crippen molar-refractivity contribution in [3.05, 3.63) is 0 Å². The summed E-state index contributed by atoms with van der Waals surface area (Å²) in [5.41, 5.74) is 0. The van der Waals surface area contributed by atoms with E-state index in [0.29, 0.717) is 0 Å². The van der Waals surface area contributed by atoms with E-state index in [9.17, 15) is 79.5 Å². The molecule has 4 aliphatic rings. The molecule has 4 fully saturated rings. The maximum absolute atomic E-state index is 13.7. The molecule has 0 spiro atoms. The van der Waals surface area contributed by atoms with Crippen molar-refractivity contribution in [3.63, 3.8) is 0 Å². The van der Waals surface area contributed by atoms with Gasteiger partial charge in [0.1, 0.15) is 111 Å². The largest absolute Gasteiger partial charge is 0.447 e. The summed E-state index contributed by atoms with van der Waals surface area (Å²) in [6.07, 6.45) is -28.8. The number of alkyl carbamates (subject to hydrolysis) is 3. The van der Waals surface area contributed by atoms with Crippen molar-refractivity contribution in [2.45, 2.75) is 117 Å². The second-order valence-electron chi connectivity index (χ2n) is 15.5. The zero-order valence-corrected chi connectivity index (χ0v) is 36.6. The third kappa shape index (κ3) is 15.0. The molecule has 1 unspecified atom stereocenters. The van der Waals surface area contributed by atoms with Gasteiger partial charge in [-0.05, 0) is 0 Å². The van der Waals surface area contributed by atoms with Crippen LogP contribution in [0.5, 0.6) is 0 Å². The number of hydrogen-bond donors (Lipinski definition) is 16. The predicted molar refractivity (Wildman–Crippen MR) is 213 cm³/mol. The molecule has 0 aromatic heterocycles. The standard InChI is InChI=1S/C36H59N7O25/c1-60-31-25(51)22(48)19(45)15(66-31)9-63-34(57)41-12-6-38-18(44)4-5-37-28(54)13(42-35(58)64-10-16-20(46)23(49)26(52)32(61-2)67-16)7-39-30(56)14(8-40-29(12)55)43-36(59)65-11-17-21(47)24(50)27(53)33(62-3)68-17/h12-17,19-27,31-33,45-53H,4-11H2,1-3H3,(H,37,54)(H,38,44)(H,39,56)(H,40,55)(H,41,57)(H,42,58)(H,43,59)/t12?,13-,14-,15+,16+,17+,19+,20+,21-,22-,23-,24-,25+,26-,27+,31-,32-,33-/m0/s1. The van der Waals surface area contributed by atoms with Crippen molar-refractivity contribution >= 4 is 41.9 Å². The Morgan fingerprint density at radius 1 is 0.471 bits per heavy atom. The zero-order chi connectivity index (χ0) is 50.4. The zero-order valence-electron chi connectivity index (χ0n) is 36.6. The fourth-order valence-corrected chi connectivity index (χ4v) is 6.78. The number of carbonyl (C=O) groups excluding carboxylic acids is 7. The Bertz CT molecular complexity index is 1660. The lowest BCUT2D eigenvalue weighted by molar-refractivity contribution is -0.294. The Morgan fingerprint density at radius 3 is 1.07 bits per heavy atom. The smallest absolute Gasteiger partial charge is 0.407 e. The van der Waals surface area contributed by atoms with Crippen LogP contribution in [0, 0.1) is 0 Å². The number of carbonyl (C=O) groups is 7. The first-order valence-electron chi connectivity index (χ1n) is 20.8. The minimum atomic E-state index is -1.84. The Hall–Kier alpha value is -4.91. The van der Waals surface area contributed by atoms with E-state index in [1.807, 2.05) is 0 Å². The first-order chi connectivity index (χ1) is 32.2. The summed E-state index contributed by atoms with van der Waals surface area (Å²) < 4.78 is 45.9. The highest BCUT2D eigenvalue weighted by molar-refractivity contribution is 5.91. The van der Waals surface area contributed by atoms with Crippen LogP contribution in [0.3, 0.4) is 0 Å². The molecule has 0 bridgehead atoms. The highest BCUT2D eigenvalue weighted by Crippen LogP contribution is 2.24. The summed E-state index contributed by atoms with van der Waals surface area (Å²) in [5, 5.41) is 107. The van der Waals surface area contributed by atoms with E-state index in [-0.39, 0.29) is 0 Å². The van der Waals surface area contributed by atoms with Crippen LogP contribution in [0.1, 0.15) is 6.42 Å². The SMILES string of the molecule is CO[C@H]1O[C@H](COC(=O)N[C@H]2CNC(=O)[C@@H](NC(=O)OC[C@H]3O[C@H](OC)[C@H](O)[C@@H](O)[C@H]3O)CNC(=O)C(NC(=O)OC[C@H]3O[C@H](OC)[C@H](O)[C@@H](O)[C@@H]3O)CNC(=O)CCNC2=O)[C@@H](O)[C@H](O)[C@@H]1O. The summed E-state index contributed by atoms with van der Waals surface area (Å²) in [6, 6.07) is -5.24. The first kappa shape index (κ1) is 55.7. The van der Waals surface area contributed by atoms with Gasteiger partial charge in [-0.3, -0.25) is 19.2 Å². The molecule has 0 aromatic rings. The second-order valence-corrected chi connectivity index (χ2v) is 15.5. The number of methoxy groups -OCH3 is 3. The number of ether oxygens (including phenoxy) is 9. The van der Waals surface area contributed by atoms with Crippen molar-refractivity contribution in [1.29, 1.82) is 0 Å². The molecule has 16 N–H and O–H groups in total. The monoisotopic (exact) mass is 989 g/mol. The van der Waals surface area contributed by atoms with E-state index in [1.54, 1.807) is 0 Å². The Kier molecular flexibility index (Phi) is 21.4. The van der Waals surface area contributed by atoms with Gasteiger partial charge in [-0.2, -0.15) is 0 Å². The lowest BCUT2D eigenvalue weighted by Crippen LogP contribution is -2.61. The van der Waals surface area contributed by atoms with Crippen LogP contribution in [-0.2, 0) is 61.8 Å². The summed E-state index contributed by atoms with van der Waals surface area (Å²) in [6.45, 7) is -5.00. The number of aliphatic hydroxyl groups excluding tert-OH is 9. The summed E-state index contributed by atoms with van der Waals surface area (Å²) in [4.78, 5) is 92.2. The highest BCUT2D eigenvalue weighted by Gasteiger charge is 2.47. The van der Waals surface area contributed by atoms with Crippen LogP contribution in [0.4, 0.5) is 14.4 Å². The number of amides is 7. The fraction of sp³-hybridized carbons (Fsp3) is 0.806. The molecule has 0 aliphatic carbocycles. The first-order valence-corrected chi connectivity index (χ1v) is 20.8. The molecule has 0 saturated carbocycles. The van der Waals surface area contributed by atoms with Crippen molar-refractivity contribution in [1.82, 2.24) is 37.2 Å². The molecule has 4 heterocycles. The van der Waals surface area contributed by atoms with E-state index < -0.39 is 205 Å². The van der Waals surface area contributed by atoms with Gasteiger partial charge in [0.15, 0.2) is 18.9 Å². The molecular weight excluding hydrogens is 930 g/mol. The van der Waals surface area contributed by atoms with E-state index in [0.717, 1.165) is 21.3 Å². The van der Waals surface area contributed by atoms with E-state index in [1.165, 1.54) is 0 Å². The van der Waals surface area contributed by atoms with E-state index >= 15 is 0 Å². The normalized spacial score (nSPS) is 37.8. The number of nitrogens with one attached hydrogen (secondary N) is 7. The third-order valence-corrected chi connectivity index (χ3v) is 10.8. The van der Waals surface area contributed by atoms with Gasteiger partial charge in [0.05, 0.1) is 0 Å². The maximum atomic E-state index is 13.7. The Balaban J connectivity index is 1.48. The van der Waals surface area contributed by atoms with Crippen LogP contribution < -0.4 is 37.2 Å². The minimum Gasteiger partial charge on any atom is -0.447 e. The van der Waals surface area contributed by atoms with Gasteiger partial charge >= 0.3 is 18.3 Å². The summed E-state index contributed by atoms with van der Waals surface area (Å²) in [7, 11) is 3.40. The van der Waals surface area contributed by atoms with Gasteiger partial charge in [0.25, 0.3) is 0 Å². The van der Waals surface area contributed by atoms with Gasteiger partial charge in [0, 0.05) is 53.9 Å². The molecule has 7 amide bonds. The quantitative estimate of drug-likeness (QED) is 0.0807. The molecule has 4 rings (SSSR count). The lowest BCUT2D eigenvalue weighted by Gasteiger charge is -2.39. The van der Waals surface area contributed by atoms with Gasteiger partial charge in [-0.25, -0.2) is 14.4 Å². The number of aliphatic hydroxyl groups is 9. The van der Waals surface area contributed by atoms with Crippen molar-refractivity contribution in [2.24, 2.45) is 0 Å². The summed E-state index contributed by atoms with van der Waals surface area (Å²) >= 11 is 0. The van der Waals surface area contributed by atoms with Crippen molar-refractivity contribution in [2.75, 3.05) is 67.3 Å². The Labute approximate surface area is 385 Å². The molecule has 68 heavy (non-hydrogen) atoms. The number of rotatable bonds is 12. The third-order valence-electron chi connectivity index (χ3n) is 10.8. The fourth-order valence-electron chi connectivity index (χ4n) is 6.78. The molecule has 18 atom stereocenters. The molecule has 32 heteroatoms. The van der Waals surface area contributed by atoms with Crippen molar-refractivity contribution < 1.29 is 122 Å². The highest BCUT2D eigenvalue weighted by atomic mass is 16.7. The molecule has 0 radical (unpaired) electrons. The van der Waals surface area contributed by atoms with Gasteiger partial charge in [0.2, 0.25) is 23.6 Å². The molecule has 388 valence electrons. The second kappa shape index (κ2) is 26.2. The summed E-state index contributed by atoms with van der Waals surface area (Å²) in [5.74, 6) is -4.06. The van der Waals surface area contributed by atoms with Crippen LogP contribution in [0.25, 0.3) is 0 Å². The van der Waals surface area contributed by atoms with Crippen LogP contribution >= 0.6 is 0 Å². The maximum Gasteiger partial charge on any atom is 0.407 e. The molecule has 32 nitrogen and oxygen atoms in total. The van der Waals surface area contributed by atoms with E-state index in [2.05, 4.69) is 37.2 Å². The molecule has 4 saturated heterocycles. The van der Waals surface area contributed by atoms with Gasteiger partial charge in [-0.15, -0.1) is 0 Å². The molecule has 0 aromatic carbocycles. The van der Waals surface area contributed by atoms with Gasteiger partial charge in [-0.1, -0.05) is 0 Å². The molecular formula is C36H59N7O25. The minimum absolute atomic E-state index is 0.415. The Morgan fingerprint density at radius 2 is 0.765 bits per heavy atom. The van der Waals surface area contributed by atoms with Crippen LogP contribution in [0.2, 0.25) is 0 Å². The van der Waals surface area contributed by atoms with Crippen molar-refractivity contribution in [3.8, 4) is 0 Å². The average Bonchev–Trinajstić information content (AvgIpc) is 3.31. The lowest BCUT2D eigenvalue weighted by atomic mass is 9.99. The molecule has 4 aliphatic heterocycles. The van der Waals surface area contributed by atoms with Crippen LogP contribution in [-0.4, -0.2) is 265 Å². The van der Waals surface area contributed by atoms with E-state index in [4.69, 9.17) is 42.6 Å². The predicted octanol–water partition coefficient (Wildman–Crippen LogP) is -10.5.